The van der Waals surface area contributed by atoms with Crippen molar-refractivity contribution in [3.05, 3.63) is 60.3 Å². The Labute approximate surface area is 155 Å². The monoisotopic (exact) mass is 372 g/mol. The van der Waals surface area contributed by atoms with E-state index in [1.165, 1.54) is 39.7 Å². The summed E-state index contributed by atoms with van der Waals surface area (Å²) in [7, 11) is 4.59. The maximum absolute atomic E-state index is 13.9. The molecule has 0 aliphatic heterocycles. The number of ether oxygens (including phenoxy) is 3. The number of nitrogens with one attached hydrogen (secondary N) is 1. The highest BCUT2D eigenvalue weighted by molar-refractivity contribution is 5.69. The van der Waals surface area contributed by atoms with Gasteiger partial charge in [0.1, 0.15) is 5.82 Å². The van der Waals surface area contributed by atoms with E-state index in [0.29, 0.717) is 34.3 Å². The van der Waals surface area contributed by atoms with Gasteiger partial charge in [-0.3, -0.25) is 0 Å². The van der Waals surface area contributed by atoms with Crippen molar-refractivity contribution in [3.63, 3.8) is 0 Å². The van der Waals surface area contributed by atoms with E-state index < -0.39 is 11.6 Å². The number of benzene rings is 2. The molecule has 0 bridgehead atoms. The van der Waals surface area contributed by atoms with Crippen LogP contribution in [0.4, 0.5) is 20.3 Å². The Bertz CT molecular complexity index is 921. The predicted octanol–water partition coefficient (Wildman–Crippen LogP) is 4.80. The molecule has 0 unspecified atom stereocenters. The predicted molar refractivity (Wildman–Crippen MR) is 99.0 cm³/mol. The Balaban J connectivity index is 1.88. The Morgan fingerprint density at radius 2 is 1.59 bits per heavy atom. The summed E-state index contributed by atoms with van der Waals surface area (Å²) in [5.41, 5.74) is 1.30. The molecular formula is C20H18F2N2O3. The summed E-state index contributed by atoms with van der Waals surface area (Å²) >= 11 is 0. The van der Waals surface area contributed by atoms with E-state index in [2.05, 4.69) is 10.3 Å². The number of anilines is 2. The molecule has 0 saturated carbocycles. The number of nitrogens with zero attached hydrogens (tertiary/aromatic N) is 1. The van der Waals surface area contributed by atoms with Gasteiger partial charge in [-0.1, -0.05) is 12.1 Å². The van der Waals surface area contributed by atoms with Crippen molar-refractivity contribution < 1.29 is 23.0 Å². The first kappa shape index (κ1) is 18.4. The first-order valence-electron chi connectivity index (χ1n) is 8.04. The molecule has 2 aromatic carbocycles. The first-order valence-corrected chi connectivity index (χ1v) is 8.04. The number of halogens is 2. The molecule has 1 N–H and O–H groups in total. The molecule has 0 aliphatic rings. The first-order chi connectivity index (χ1) is 13.1. The van der Waals surface area contributed by atoms with Gasteiger partial charge in [-0.25, -0.2) is 13.8 Å². The summed E-state index contributed by atoms with van der Waals surface area (Å²) in [5, 5.41) is 3.11. The lowest BCUT2D eigenvalue weighted by atomic mass is 10.1. The summed E-state index contributed by atoms with van der Waals surface area (Å²) in [6, 6.07) is 10.8. The zero-order valence-corrected chi connectivity index (χ0v) is 15.0. The van der Waals surface area contributed by atoms with E-state index >= 15 is 0 Å². The van der Waals surface area contributed by atoms with E-state index in [1.807, 2.05) is 0 Å². The summed E-state index contributed by atoms with van der Waals surface area (Å²) in [4.78, 5) is 4.26. The van der Waals surface area contributed by atoms with Gasteiger partial charge in [-0.2, -0.15) is 0 Å². The molecule has 0 atom stereocenters. The van der Waals surface area contributed by atoms with E-state index in [-0.39, 0.29) is 5.56 Å². The molecule has 0 spiro atoms. The number of pyridine rings is 1. The van der Waals surface area contributed by atoms with Gasteiger partial charge in [0.15, 0.2) is 23.1 Å². The molecular weight excluding hydrogens is 354 g/mol. The highest BCUT2D eigenvalue weighted by Crippen LogP contribution is 2.40. The van der Waals surface area contributed by atoms with Crippen molar-refractivity contribution in [1.29, 1.82) is 0 Å². The van der Waals surface area contributed by atoms with Gasteiger partial charge < -0.3 is 19.5 Å². The lowest BCUT2D eigenvalue weighted by molar-refractivity contribution is 0.324. The lowest BCUT2D eigenvalue weighted by Crippen LogP contribution is -1.99. The Kier molecular flexibility index (Phi) is 5.40. The highest BCUT2D eigenvalue weighted by atomic mass is 19.2. The molecule has 0 radical (unpaired) electrons. The SMILES string of the molecule is COc1cc(Nc2ccc(-c3cccc(F)c3F)cn2)cc(OC)c1OC. The van der Waals surface area contributed by atoms with Crippen LogP contribution in [0.25, 0.3) is 11.1 Å². The maximum Gasteiger partial charge on any atom is 0.203 e. The van der Waals surface area contributed by atoms with Crippen LogP contribution >= 0.6 is 0 Å². The van der Waals surface area contributed by atoms with E-state index in [4.69, 9.17) is 14.2 Å². The van der Waals surface area contributed by atoms with Crippen LogP contribution in [0.1, 0.15) is 0 Å². The molecule has 5 nitrogen and oxygen atoms in total. The summed E-state index contributed by atoms with van der Waals surface area (Å²) in [6.45, 7) is 0. The van der Waals surface area contributed by atoms with Crippen LogP contribution in [-0.4, -0.2) is 26.3 Å². The normalized spacial score (nSPS) is 10.4. The average molecular weight is 372 g/mol. The quantitative estimate of drug-likeness (QED) is 0.674. The van der Waals surface area contributed by atoms with Crippen LogP contribution in [0.5, 0.6) is 17.2 Å². The van der Waals surface area contributed by atoms with E-state index in [9.17, 15) is 8.78 Å². The Morgan fingerprint density at radius 3 is 2.15 bits per heavy atom. The fourth-order valence-electron chi connectivity index (χ4n) is 2.66. The number of hydrogen-bond donors (Lipinski definition) is 1. The van der Waals surface area contributed by atoms with E-state index in [0.717, 1.165) is 6.07 Å². The second kappa shape index (κ2) is 7.90. The third-order valence-corrected chi connectivity index (χ3v) is 3.96. The highest BCUT2D eigenvalue weighted by Gasteiger charge is 2.14. The number of rotatable bonds is 6. The zero-order chi connectivity index (χ0) is 19.4. The molecule has 3 rings (SSSR count). The number of methoxy groups -OCH3 is 3. The van der Waals surface area contributed by atoms with Crippen molar-refractivity contribution in [2.24, 2.45) is 0 Å². The summed E-state index contributed by atoms with van der Waals surface area (Å²) in [6.07, 6.45) is 1.47. The fraction of sp³-hybridized carbons (Fsp3) is 0.150. The van der Waals surface area contributed by atoms with E-state index in [1.54, 1.807) is 24.3 Å². The van der Waals surface area contributed by atoms with Crippen molar-refractivity contribution in [3.8, 4) is 28.4 Å². The zero-order valence-electron chi connectivity index (χ0n) is 15.0. The number of hydrogen-bond acceptors (Lipinski definition) is 5. The summed E-state index contributed by atoms with van der Waals surface area (Å²) in [5.74, 6) is 0.202. The molecule has 1 heterocycles. The van der Waals surface area contributed by atoms with Crippen LogP contribution in [0.15, 0.2) is 48.7 Å². The van der Waals surface area contributed by atoms with Crippen molar-refractivity contribution in [1.82, 2.24) is 4.98 Å². The molecule has 1 aromatic heterocycles. The molecule has 0 aliphatic carbocycles. The van der Waals surface area contributed by atoms with Gasteiger partial charge in [0.25, 0.3) is 0 Å². The van der Waals surface area contributed by atoms with Crippen LogP contribution in [0.3, 0.4) is 0 Å². The third-order valence-electron chi connectivity index (χ3n) is 3.96. The van der Waals surface area contributed by atoms with Crippen molar-refractivity contribution in [2.45, 2.75) is 0 Å². The van der Waals surface area contributed by atoms with Crippen LogP contribution in [0, 0.1) is 11.6 Å². The number of aromatic nitrogens is 1. The van der Waals surface area contributed by atoms with Gasteiger partial charge in [-0.15, -0.1) is 0 Å². The third kappa shape index (κ3) is 3.76. The Morgan fingerprint density at radius 1 is 0.889 bits per heavy atom. The molecule has 27 heavy (non-hydrogen) atoms. The summed E-state index contributed by atoms with van der Waals surface area (Å²) < 4.78 is 43.2. The standard InChI is InChI=1S/C20H18F2N2O3/c1-25-16-9-13(10-17(26-2)20(16)27-3)24-18-8-7-12(11-23-18)14-5-4-6-15(21)19(14)22/h4-11H,1-3H3,(H,23,24). The average Bonchev–Trinajstić information content (AvgIpc) is 2.70. The van der Waals surface area contributed by atoms with Crippen LogP contribution in [-0.2, 0) is 0 Å². The molecule has 0 fully saturated rings. The van der Waals surface area contributed by atoms with Crippen molar-refractivity contribution >= 4 is 11.5 Å². The van der Waals surface area contributed by atoms with Crippen LogP contribution < -0.4 is 19.5 Å². The molecule has 0 amide bonds. The topological polar surface area (TPSA) is 52.6 Å². The van der Waals surface area contributed by atoms with Gasteiger partial charge in [0, 0.05) is 35.1 Å². The smallest absolute Gasteiger partial charge is 0.203 e. The fourth-order valence-corrected chi connectivity index (χ4v) is 2.66. The minimum Gasteiger partial charge on any atom is -0.493 e. The lowest BCUT2D eigenvalue weighted by Gasteiger charge is -2.15. The van der Waals surface area contributed by atoms with Gasteiger partial charge in [-0.05, 0) is 18.2 Å². The van der Waals surface area contributed by atoms with Gasteiger partial charge >= 0.3 is 0 Å². The Hall–Kier alpha value is -3.35. The second-order valence-corrected chi connectivity index (χ2v) is 5.57. The molecule has 7 heteroatoms. The minimum atomic E-state index is -0.898. The maximum atomic E-state index is 13.9. The molecule has 3 aromatic rings. The van der Waals surface area contributed by atoms with Gasteiger partial charge in [0.05, 0.1) is 21.3 Å². The van der Waals surface area contributed by atoms with Gasteiger partial charge in [0.2, 0.25) is 5.75 Å². The van der Waals surface area contributed by atoms with Crippen LogP contribution in [0.2, 0.25) is 0 Å². The van der Waals surface area contributed by atoms with Crippen molar-refractivity contribution in [2.75, 3.05) is 26.6 Å². The second-order valence-electron chi connectivity index (χ2n) is 5.57. The molecule has 140 valence electrons. The largest absolute Gasteiger partial charge is 0.493 e. The minimum absolute atomic E-state index is 0.154. The molecule has 0 saturated heterocycles.